The fourth-order valence-electron chi connectivity index (χ4n) is 8.29. The summed E-state index contributed by atoms with van der Waals surface area (Å²) in [5.74, 6) is 2.57. The average molecular weight is 767 g/mol. The van der Waals surface area contributed by atoms with E-state index >= 15 is 0 Å². The Labute approximate surface area is 320 Å². The summed E-state index contributed by atoms with van der Waals surface area (Å²) >= 11 is 0. The quantitative estimate of drug-likeness (QED) is 0.203. The summed E-state index contributed by atoms with van der Waals surface area (Å²) in [6.45, 7) is 25.9. The van der Waals surface area contributed by atoms with Crippen molar-refractivity contribution in [2.24, 2.45) is 29.6 Å². The van der Waals surface area contributed by atoms with Gasteiger partial charge in [0.25, 0.3) is 0 Å². The van der Waals surface area contributed by atoms with Gasteiger partial charge in [-0.1, -0.05) is 62.0 Å². The number of ketones is 2. The number of rotatable bonds is 10. The van der Waals surface area contributed by atoms with Crippen molar-refractivity contribution in [1.29, 1.82) is 0 Å². The maximum atomic E-state index is 12.0. The van der Waals surface area contributed by atoms with Gasteiger partial charge in [0, 0.05) is 57.5 Å². The van der Waals surface area contributed by atoms with Crippen LogP contribution in [0.25, 0.3) is 0 Å². The predicted octanol–water partition coefficient (Wildman–Crippen LogP) is 10.3. The summed E-state index contributed by atoms with van der Waals surface area (Å²) in [5, 5.41) is 0.401. The molecule has 0 radical (unpaired) electrons. The van der Waals surface area contributed by atoms with E-state index in [4.69, 9.17) is 27.8 Å². The molecule has 5 fully saturated rings. The summed E-state index contributed by atoms with van der Waals surface area (Å²) < 4.78 is 37.4. The predicted molar refractivity (Wildman–Crippen MR) is 215 cm³/mol. The minimum atomic E-state index is -1.81. The lowest BCUT2D eigenvalue weighted by molar-refractivity contribution is -0.198. The lowest BCUT2D eigenvalue weighted by atomic mass is 9.92. The van der Waals surface area contributed by atoms with Gasteiger partial charge >= 0.3 is 0 Å². The van der Waals surface area contributed by atoms with Crippen molar-refractivity contribution in [3.05, 3.63) is 11.6 Å². The molecule has 2 heterocycles. The van der Waals surface area contributed by atoms with Crippen LogP contribution in [0.15, 0.2) is 11.6 Å². The molecule has 6 aliphatic rings. The third kappa shape index (κ3) is 11.2. The molecule has 8 nitrogen and oxygen atoms in total. The highest BCUT2D eigenvalue weighted by atomic mass is 28.4. The van der Waals surface area contributed by atoms with Gasteiger partial charge in [-0.3, -0.25) is 9.59 Å². The Morgan fingerprint density at radius 2 is 1.21 bits per heavy atom. The van der Waals surface area contributed by atoms with E-state index in [0.29, 0.717) is 42.5 Å². The van der Waals surface area contributed by atoms with E-state index in [-0.39, 0.29) is 61.4 Å². The van der Waals surface area contributed by atoms with Crippen LogP contribution in [0, 0.1) is 29.6 Å². The summed E-state index contributed by atoms with van der Waals surface area (Å²) in [6, 6.07) is 0. The molecule has 2 saturated heterocycles. The number of fused-ring (bicyclic) bond motifs is 2. The van der Waals surface area contributed by atoms with Crippen LogP contribution < -0.4 is 0 Å². The first-order valence-corrected chi connectivity index (χ1v) is 25.7. The summed E-state index contributed by atoms with van der Waals surface area (Å²) in [6.07, 6.45) is 12.6. The maximum Gasteiger partial charge on any atom is 0.191 e. The van der Waals surface area contributed by atoms with Gasteiger partial charge in [-0.2, -0.15) is 0 Å². The van der Waals surface area contributed by atoms with E-state index in [2.05, 4.69) is 67.7 Å². The molecule has 0 aromatic heterocycles. The van der Waals surface area contributed by atoms with E-state index in [1.165, 1.54) is 18.4 Å². The fourth-order valence-corrected chi connectivity index (χ4v) is 10.4. The van der Waals surface area contributed by atoms with Gasteiger partial charge < -0.3 is 27.8 Å². The Balaban J connectivity index is 0.000000270. The molecule has 10 heteroatoms. The maximum absolute atomic E-state index is 12.0. The molecule has 0 spiro atoms. The second kappa shape index (κ2) is 18.5. The lowest BCUT2D eigenvalue weighted by Gasteiger charge is -2.38. The van der Waals surface area contributed by atoms with Crippen molar-refractivity contribution in [3.8, 4) is 0 Å². The van der Waals surface area contributed by atoms with Gasteiger partial charge in [-0.25, -0.2) is 0 Å². The van der Waals surface area contributed by atoms with Crippen molar-refractivity contribution in [3.63, 3.8) is 0 Å². The summed E-state index contributed by atoms with van der Waals surface area (Å²) in [4.78, 5) is 23.8. The second-order valence-electron chi connectivity index (χ2n) is 19.2. The largest absolute Gasteiger partial charge is 0.416 e. The molecule has 2 unspecified atom stereocenters. The van der Waals surface area contributed by atoms with Gasteiger partial charge in [0.1, 0.15) is 5.78 Å². The van der Waals surface area contributed by atoms with Crippen LogP contribution in [-0.4, -0.2) is 79.4 Å². The van der Waals surface area contributed by atoms with Crippen LogP contribution in [0.3, 0.4) is 0 Å². The molecule has 9 atom stereocenters. The standard InChI is InChI=1S/C20H36O4Si.C20H34O4Si.2CH4/c2*1-20(2,3)25(4,5)23-13-17-16-12-15(21)10-14(16)11-18(17)24-19-8-6-7-9-22-19;;/h14,16-19H,6-13H2,1-5H3;10,16-19H,6-9,11-13H2,1-5H3;2*1H4/t14-,16-,17+,18+,19?;16-,17+,18+,19?;;/m00../s1. The zero-order chi connectivity index (χ0) is 36.5. The van der Waals surface area contributed by atoms with Gasteiger partial charge in [0.15, 0.2) is 35.0 Å². The first kappa shape index (κ1) is 45.7. The Kier molecular flexibility index (Phi) is 16.2. The van der Waals surface area contributed by atoms with Crippen LogP contribution in [0.2, 0.25) is 36.3 Å². The van der Waals surface area contributed by atoms with Crippen LogP contribution in [0.5, 0.6) is 0 Å². The van der Waals surface area contributed by atoms with E-state index in [0.717, 1.165) is 71.2 Å². The highest BCUT2D eigenvalue weighted by Crippen LogP contribution is 2.50. The zero-order valence-electron chi connectivity index (χ0n) is 33.1. The van der Waals surface area contributed by atoms with E-state index < -0.39 is 16.6 Å². The minimum Gasteiger partial charge on any atom is -0.416 e. The molecule has 0 N–H and O–H groups in total. The zero-order valence-corrected chi connectivity index (χ0v) is 35.1. The van der Waals surface area contributed by atoms with E-state index in [1.807, 2.05) is 6.08 Å². The highest BCUT2D eigenvalue weighted by Gasteiger charge is 2.51. The highest BCUT2D eigenvalue weighted by molar-refractivity contribution is 6.74. The average Bonchev–Trinajstić information content (AvgIpc) is 3.74. The molecule has 52 heavy (non-hydrogen) atoms. The monoisotopic (exact) mass is 767 g/mol. The van der Waals surface area contributed by atoms with E-state index in [1.54, 1.807) is 0 Å². The normalized spacial score (nSPS) is 33.7. The molecule has 0 bridgehead atoms. The third-order valence-corrected chi connectivity index (χ3v) is 22.6. The Morgan fingerprint density at radius 3 is 1.71 bits per heavy atom. The number of carbonyl (C=O) groups is 2. The van der Waals surface area contributed by atoms with Crippen molar-refractivity contribution in [1.82, 2.24) is 0 Å². The van der Waals surface area contributed by atoms with Crippen molar-refractivity contribution >= 4 is 28.2 Å². The van der Waals surface area contributed by atoms with E-state index in [9.17, 15) is 9.59 Å². The third-order valence-electron chi connectivity index (χ3n) is 13.6. The Morgan fingerprint density at radius 1 is 0.692 bits per heavy atom. The molecule has 0 amide bonds. The topological polar surface area (TPSA) is 89.5 Å². The molecule has 4 aliphatic carbocycles. The number of ether oxygens (including phenoxy) is 4. The second-order valence-corrected chi connectivity index (χ2v) is 28.8. The van der Waals surface area contributed by atoms with Crippen molar-refractivity contribution in [2.45, 2.75) is 188 Å². The first-order valence-electron chi connectivity index (χ1n) is 19.9. The van der Waals surface area contributed by atoms with Crippen LogP contribution in [-0.2, 0) is 37.4 Å². The molecular weight excluding hydrogens is 689 g/mol. The minimum absolute atomic E-state index is 0. The number of carbonyl (C=O) groups excluding carboxylic acids is 2. The van der Waals surface area contributed by atoms with Gasteiger partial charge in [0.05, 0.1) is 12.2 Å². The molecular formula is C42H78O8Si2. The smallest absolute Gasteiger partial charge is 0.191 e. The molecule has 0 aromatic rings. The number of hydrogen-bond donors (Lipinski definition) is 0. The lowest BCUT2D eigenvalue weighted by Crippen LogP contribution is -2.44. The van der Waals surface area contributed by atoms with Crippen LogP contribution in [0.4, 0.5) is 0 Å². The molecule has 302 valence electrons. The summed E-state index contributed by atoms with van der Waals surface area (Å²) in [5.41, 5.74) is 1.27. The molecule has 6 rings (SSSR count). The molecule has 2 aliphatic heterocycles. The first-order chi connectivity index (χ1) is 23.3. The molecule has 3 saturated carbocycles. The van der Waals surface area contributed by atoms with Crippen molar-refractivity contribution < 1.29 is 37.4 Å². The van der Waals surface area contributed by atoms with Gasteiger partial charge in [-0.05, 0) is 111 Å². The number of hydrogen-bond acceptors (Lipinski definition) is 8. The molecule has 0 aromatic carbocycles. The fraction of sp³-hybridized carbons (Fsp3) is 0.905. The summed E-state index contributed by atoms with van der Waals surface area (Å²) in [7, 11) is -3.59. The number of Topliss-reactive ketones (excluding diaryl/α,β-unsaturated/α-hetero) is 1. The van der Waals surface area contributed by atoms with Crippen LogP contribution >= 0.6 is 0 Å². The van der Waals surface area contributed by atoms with Gasteiger partial charge in [0.2, 0.25) is 0 Å². The SMILES string of the molecule is C.C.CC(C)(C)[Si](C)(C)OC[C@@H]1[C@H]2CC(=O)C[C@H]2C[C@H]1OC1CCCCO1.CC(C)(C)[Si](C)(C)OC[C@H]1[C@H](OC2CCCCO2)CC2=CC(=O)C[C@@H]21. The Hall–Kier alpha value is -0.726. The van der Waals surface area contributed by atoms with Gasteiger partial charge in [-0.15, -0.1) is 0 Å². The van der Waals surface area contributed by atoms with Crippen molar-refractivity contribution in [2.75, 3.05) is 26.4 Å². The number of allylic oxidation sites excluding steroid dienone is 1. The van der Waals surface area contributed by atoms with Crippen LogP contribution in [0.1, 0.15) is 127 Å². The Bertz CT molecular complexity index is 1190.